The van der Waals surface area contributed by atoms with E-state index >= 15 is 0 Å². The van der Waals surface area contributed by atoms with Gasteiger partial charge in [-0.25, -0.2) is 0 Å². The monoisotopic (exact) mass is 230 g/mol. The smallest absolute Gasteiger partial charge is 0.0132 e. The van der Waals surface area contributed by atoms with E-state index in [0.717, 1.165) is 6.42 Å². The van der Waals surface area contributed by atoms with Crippen LogP contribution in [0.3, 0.4) is 0 Å². The molecule has 0 saturated carbocycles. The van der Waals surface area contributed by atoms with Crippen LogP contribution in [0.15, 0.2) is 30.3 Å². The van der Waals surface area contributed by atoms with Crippen LogP contribution >= 0.6 is 0 Å². The molecule has 0 saturated heterocycles. The Bertz CT molecular complexity index is 371. The van der Waals surface area contributed by atoms with Crippen LogP contribution < -0.4 is 0 Å². The van der Waals surface area contributed by atoms with Gasteiger partial charge in [-0.1, -0.05) is 71.9 Å². The second-order valence-electron chi connectivity index (χ2n) is 6.05. The van der Waals surface area contributed by atoms with Gasteiger partial charge in [-0.2, -0.15) is 0 Å². The van der Waals surface area contributed by atoms with E-state index in [1.54, 1.807) is 0 Å². The molecule has 0 nitrogen and oxygen atoms in total. The molecule has 0 fully saturated rings. The molecule has 0 heterocycles. The van der Waals surface area contributed by atoms with Gasteiger partial charge < -0.3 is 0 Å². The second-order valence-corrected chi connectivity index (χ2v) is 6.05. The van der Waals surface area contributed by atoms with E-state index in [1.165, 1.54) is 16.7 Å². The first-order valence-electron chi connectivity index (χ1n) is 6.67. The molecular formula is C17H26. The minimum absolute atomic E-state index is 0.241. The van der Waals surface area contributed by atoms with Crippen LogP contribution in [0, 0.1) is 5.92 Å². The molecular weight excluding hydrogens is 204 g/mol. The standard InChI is InChI=1S/C17H26/c1-7-8-16(13(2)3)14-9-11-15(12-10-14)17(4,5)6/h8-13H,7H2,1-6H3. The highest BCUT2D eigenvalue weighted by atomic mass is 14.2. The Morgan fingerprint density at radius 3 is 2.00 bits per heavy atom. The average Bonchev–Trinajstić information content (AvgIpc) is 2.24. The predicted molar refractivity (Wildman–Crippen MR) is 78.2 cm³/mol. The quantitative estimate of drug-likeness (QED) is 0.649. The van der Waals surface area contributed by atoms with Crippen LogP contribution in [0.25, 0.3) is 5.57 Å². The first-order chi connectivity index (χ1) is 7.86. The normalized spacial score (nSPS) is 13.2. The van der Waals surface area contributed by atoms with E-state index in [4.69, 9.17) is 0 Å². The molecule has 1 aromatic carbocycles. The Balaban J connectivity index is 3.05. The maximum absolute atomic E-state index is 2.34. The fourth-order valence-corrected chi connectivity index (χ4v) is 2.07. The molecule has 0 spiro atoms. The predicted octanol–water partition coefficient (Wildman–Crippen LogP) is 5.43. The lowest BCUT2D eigenvalue weighted by molar-refractivity contribution is 0.590. The topological polar surface area (TPSA) is 0 Å². The highest BCUT2D eigenvalue weighted by Gasteiger charge is 2.13. The minimum Gasteiger partial charge on any atom is -0.0807 e. The second kappa shape index (κ2) is 5.53. The van der Waals surface area contributed by atoms with E-state index in [0.29, 0.717) is 5.92 Å². The summed E-state index contributed by atoms with van der Waals surface area (Å²) in [6, 6.07) is 9.06. The van der Waals surface area contributed by atoms with Crippen molar-refractivity contribution >= 4 is 5.57 Å². The number of hydrogen-bond donors (Lipinski definition) is 0. The van der Waals surface area contributed by atoms with Crippen LogP contribution in [-0.4, -0.2) is 0 Å². The first-order valence-corrected chi connectivity index (χ1v) is 6.67. The maximum atomic E-state index is 2.34. The Labute approximate surface area is 107 Å². The highest BCUT2D eigenvalue weighted by molar-refractivity contribution is 5.67. The highest BCUT2D eigenvalue weighted by Crippen LogP contribution is 2.27. The van der Waals surface area contributed by atoms with Crippen molar-refractivity contribution in [2.24, 2.45) is 5.92 Å². The molecule has 0 bridgehead atoms. The van der Waals surface area contributed by atoms with E-state index in [9.17, 15) is 0 Å². The maximum Gasteiger partial charge on any atom is -0.0132 e. The van der Waals surface area contributed by atoms with E-state index < -0.39 is 0 Å². The zero-order valence-corrected chi connectivity index (χ0v) is 12.2. The first kappa shape index (κ1) is 14.0. The van der Waals surface area contributed by atoms with Gasteiger partial charge in [0, 0.05) is 0 Å². The summed E-state index contributed by atoms with van der Waals surface area (Å²) in [7, 11) is 0. The van der Waals surface area contributed by atoms with Gasteiger partial charge in [-0.15, -0.1) is 0 Å². The fraction of sp³-hybridized carbons (Fsp3) is 0.529. The van der Waals surface area contributed by atoms with Crippen LogP contribution in [0.1, 0.15) is 59.1 Å². The molecule has 94 valence electrons. The van der Waals surface area contributed by atoms with Crippen LogP contribution in [0.5, 0.6) is 0 Å². The molecule has 0 unspecified atom stereocenters. The van der Waals surface area contributed by atoms with Crippen LogP contribution in [0.2, 0.25) is 0 Å². The van der Waals surface area contributed by atoms with Gasteiger partial charge in [0.25, 0.3) is 0 Å². The molecule has 0 aliphatic heterocycles. The molecule has 1 rings (SSSR count). The number of benzene rings is 1. The Morgan fingerprint density at radius 1 is 1.12 bits per heavy atom. The zero-order chi connectivity index (χ0) is 13.1. The SMILES string of the molecule is CCC=C(c1ccc(C(C)(C)C)cc1)C(C)C. The number of allylic oxidation sites excluding steroid dienone is 2. The summed E-state index contributed by atoms with van der Waals surface area (Å²) in [5.41, 5.74) is 4.48. The van der Waals surface area contributed by atoms with Gasteiger partial charge in [0.2, 0.25) is 0 Å². The Morgan fingerprint density at radius 2 is 1.65 bits per heavy atom. The molecule has 0 aliphatic carbocycles. The van der Waals surface area contributed by atoms with Crippen molar-refractivity contribution in [1.29, 1.82) is 0 Å². The van der Waals surface area contributed by atoms with Gasteiger partial charge in [0.05, 0.1) is 0 Å². The Kier molecular flexibility index (Phi) is 4.56. The van der Waals surface area contributed by atoms with Gasteiger partial charge >= 0.3 is 0 Å². The minimum atomic E-state index is 0.241. The largest absolute Gasteiger partial charge is 0.0807 e. The third kappa shape index (κ3) is 3.73. The third-order valence-electron chi connectivity index (χ3n) is 3.13. The summed E-state index contributed by atoms with van der Waals surface area (Å²) < 4.78 is 0. The molecule has 1 aromatic rings. The fourth-order valence-electron chi connectivity index (χ4n) is 2.07. The molecule has 0 heteroatoms. The summed E-state index contributed by atoms with van der Waals surface area (Å²) in [6.07, 6.45) is 3.45. The van der Waals surface area contributed by atoms with Crippen molar-refractivity contribution in [1.82, 2.24) is 0 Å². The lowest BCUT2D eigenvalue weighted by atomic mass is 9.85. The molecule has 0 radical (unpaired) electrons. The van der Waals surface area contributed by atoms with E-state index in [1.807, 2.05) is 0 Å². The summed E-state index contributed by atoms with van der Waals surface area (Å²) in [4.78, 5) is 0. The number of rotatable bonds is 3. The van der Waals surface area contributed by atoms with Crippen LogP contribution in [-0.2, 0) is 5.41 Å². The lowest BCUT2D eigenvalue weighted by Gasteiger charge is -2.20. The lowest BCUT2D eigenvalue weighted by Crippen LogP contribution is -2.10. The summed E-state index contributed by atoms with van der Waals surface area (Å²) in [5, 5.41) is 0. The average molecular weight is 230 g/mol. The molecule has 0 amide bonds. The van der Waals surface area contributed by atoms with Gasteiger partial charge in [0.1, 0.15) is 0 Å². The molecule has 0 N–H and O–H groups in total. The molecule has 0 aliphatic rings. The van der Waals surface area contributed by atoms with Gasteiger partial charge in [-0.05, 0) is 34.5 Å². The summed E-state index contributed by atoms with van der Waals surface area (Å²) in [6.45, 7) is 13.5. The van der Waals surface area contributed by atoms with Crippen molar-refractivity contribution in [2.45, 2.75) is 53.4 Å². The van der Waals surface area contributed by atoms with E-state index in [-0.39, 0.29) is 5.41 Å². The summed E-state index contributed by atoms with van der Waals surface area (Å²) >= 11 is 0. The van der Waals surface area contributed by atoms with E-state index in [2.05, 4.69) is 71.9 Å². The van der Waals surface area contributed by atoms with Crippen molar-refractivity contribution in [3.8, 4) is 0 Å². The molecule has 0 aromatic heterocycles. The van der Waals surface area contributed by atoms with Gasteiger partial charge in [-0.3, -0.25) is 0 Å². The molecule has 17 heavy (non-hydrogen) atoms. The Hall–Kier alpha value is -1.04. The number of hydrogen-bond acceptors (Lipinski definition) is 0. The van der Waals surface area contributed by atoms with Gasteiger partial charge in [0.15, 0.2) is 0 Å². The van der Waals surface area contributed by atoms with Crippen LogP contribution in [0.4, 0.5) is 0 Å². The summed E-state index contributed by atoms with van der Waals surface area (Å²) in [5.74, 6) is 0.593. The van der Waals surface area contributed by atoms with Crippen molar-refractivity contribution < 1.29 is 0 Å². The third-order valence-corrected chi connectivity index (χ3v) is 3.13. The van der Waals surface area contributed by atoms with Crippen molar-refractivity contribution in [2.75, 3.05) is 0 Å². The van der Waals surface area contributed by atoms with Crippen molar-refractivity contribution in [3.05, 3.63) is 41.5 Å². The van der Waals surface area contributed by atoms with Crippen molar-refractivity contribution in [3.63, 3.8) is 0 Å². The zero-order valence-electron chi connectivity index (χ0n) is 12.2. The molecule has 0 atom stereocenters.